The van der Waals surface area contributed by atoms with Crippen molar-refractivity contribution in [2.24, 2.45) is 5.73 Å². The maximum atomic E-state index is 12.7. The molecule has 2 rings (SSSR count). The molecular weight excluding hydrogens is 334 g/mol. The number of unbranched alkanes of at least 4 members (excludes halogenated alkanes) is 1. The quantitative estimate of drug-likeness (QED) is 0.537. The summed E-state index contributed by atoms with van der Waals surface area (Å²) in [5, 5.41) is 0. The third kappa shape index (κ3) is 3.77. The average molecular weight is 363 g/mol. The molecule has 3 amide bonds. The monoisotopic (exact) mass is 363 g/mol. The summed E-state index contributed by atoms with van der Waals surface area (Å²) in [6, 6.07) is 3.05. The summed E-state index contributed by atoms with van der Waals surface area (Å²) in [4.78, 5) is 28.3. The molecule has 0 spiro atoms. The maximum Gasteiger partial charge on any atom is 0.327 e. The molecule has 0 unspecified atom stereocenters. The van der Waals surface area contributed by atoms with E-state index in [1.807, 2.05) is 26.0 Å². The Balaban J connectivity index is 2.31. The summed E-state index contributed by atoms with van der Waals surface area (Å²) in [7, 11) is 3.20. The van der Waals surface area contributed by atoms with Gasteiger partial charge < -0.3 is 20.1 Å². The van der Waals surface area contributed by atoms with Gasteiger partial charge in [-0.1, -0.05) is 0 Å². The van der Waals surface area contributed by atoms with Crippen molar-refractivity contribution in [2.75, 3.05) is 27.3 Å². The SMILES string of the molecule is CCN1C(=O)[C@H](CCCCN)N(Cc2ccc(OC)c(C)c2OC)C1=O. The molecule has 1 aromatic carbocycles. The average Bonchev–Trinajstić information content (AvgIpc) is 2.85. The van der Waals surface area contributed by atoms with E-state index in [0.717, 1.165) is 29.7 Å². The lowest BCUT2D eigenvalue weighted by molar-refractivity contribution is -0.128. The summed E-state index contributed by atoms with van der Waals surface area (Å²) in [6.07, 6.45) is 2.27. The van der Waals surface area contributed by atoms with E-state index in [1.165, 1.54) is 4.90 Å². The summed E-state index contributed by atoms with van der Waals surface area (Å²) in [5.74, 6) is 1.28. The van der Waals surface area contributed by atoms with Crippen LogP contribution in [-0.2, 0) is 11.3 Å². The van der Waals surface area contributed by atoms with Crippen LogP contribution in [0.3, 0.4) is 0 Å². The molecule has 1 aliphatic heterocycles. The molecule has 1 aromatic rings. The van der Waals surface area contributed by atoms with Crippen molar-refractivity contribution < 1.29 is 19.1 Å². The van der Waals surface area contributed by atoms with Crippen molar-refractivity contribution in [1.29, 1.82) is 0 Å². The van der Waals surface area contributed by atoms with Gasteiger partial charge in [0.25, 0.3) is 5.91 Å². The lowest BCUT2D eigenvalue weighted by Gasteiger charge is -2.24. The van der Waals surface area contributed by atoms with Crippen molar-refractivity contribution in [3.8, 4) is 11.5 Å². The van der Waals surface area contributed by atoms with Crippen molar-refractivity contribution >= 4 is 11.9 Å². The zero-order chi connectivity index (χ0) is 19.3. The molecule has 7 heteroatoms. The van der Waals surface area contributed by atoms with E-state index in [2.05, 4.69) is 0 Å². The number of amides is 3. The fourth-order valence-corrected chi connectivity index (χ4v) is 3.47. The first-order valence-corrected chi connectivity index (χ1v) is 9.02. The Hall–Kier alpha value is -2.28. The van der Waals surface area contributed by atoms with Gasteiger partial charge in [-0.2, -0.15) is 0 Å². The van der Waals surface area contributed by atoms with Crippen LogP contribution in [0.25, 0.3) is 0 Å². The van der Waals surface area contributed by atoms with E-state index in [4.69, 9.17) is 15.2 Å². The second-order valence-electron chi connectivity index (χ2n) is 6.38. The van der Waals surface area contributed by atoms with Crippen molar-refractivity contribution in [3.63, 3.8) is 0 Å². The zero-order valence-electron chi connectivity index (χ0n) is 16.1. The molecule has 144 valence electrons. The highest BCUT2D eigenvalue weighted by Gasteiger charge is 2.43. The number of carbonyl (C=O) groups is 2. The number of nitrogens with zero attached hydrogens (tertiary/aromatic N) is 2. The Labute approximate surface area is 155 Å². The number of nitrogens with two attached hydrogens (primary N) is 1. The minimum Gasteiger partial charge on any atom is -0.496 e. The molecule has 0 saturated carbocycles. The van der Waals surface area contributed by atoms with E-state index in [9.17, 15) is 9.59 Å². The minimum absolute atomic E-state index is 0.126. The Morgan fingerprint density at radius 2 is 1.88 bits per heavy atom. The standard InChI is InChI=1S/C19H29N3O4/c1-5-21-18(23)15(8-6-7-11-20)22(19(21)24)12-14-9-10-16(25-3)13(2)17(14)26-4/h9-10,15H,5-8,11-12,20H2,1-4H3/t15-/m0/s1. The first kappa shape index (κ1) is 20.0. The van der Waals surface area contributed by atoms with Gasteiger partial charge in [0.1, 0.15) is 17.5 Å². The van der Waals surface area contributed by atoms with Crippen LogP contribution in [0.15, 0.2) is 12.1 Å². The van der Waals surface area contributed by atoms with Crippen molar-refractivity contribution in [2.45, 2.75) is 45.7 Å². The number of likely N-dealkylation sites (N-methyl/N-ethyl adjacent to an activating group) is 1. The Bertz CT molecular complexity index is 662. The Kier molecular flexibility index (Phi) is 6.85. The number of benzene rings is 1. The molecule has 1 fully saturated rings. The third-order valence-corrected chi connectivity index (χ3v) is 4.85. The number of hydrogen-bond donors (Lipinski definition) is 1. The predicted molar refractivity (Wildman–Crippen MR) is 99.3 cm³/mol. The predicted octanol–water partition coefficient (Wildman–Crippen LogP) is 2.29. The van der Waals surface area contributed by atoms with E-state index >= 15 is 0 Å². The second-order valence-corrected chi connectivity index (χ2v) is 6.38. The molecular formula is C19H29N3O4. The number of carbonyl (C=O) groups excluding carboxylic acids is 2. The van der Waals surface area contributed by atoms with Gasteiger partial charge in [0.05, 0.1) is 20.8 Å². The largest absolute Gasteiger partial charge is 0.496 e. The van der Waals surface area contributed by atoms with Gasteiger partial charge in [-0.15, -0.1) is 0 Å². The molecule has 0 aromatic heterocycles. The molecule has 0 bridgehead atoms. The Morgan fingerprint density at radius 3 is 2.46 bits per heavy atom. The fraction of sp³-hybridized carbons (Fsp3) is 0.579. The van der Waals surface area contributed by atoms with Crippen LogP contribution in [0.5, 0.6) is 11.5 Å². The van der Waals surface area contributed by atoms with Gasteiger partial charge in [0.2, 0.25) is 0 Å². The first-order valence-electron chi connectivity index (χ1n) is 9.02. The highest BCUT2D eigenvalue weighted by atomic mass is 16.5. The number of rotatable bonds is 9. The smallest absolute Gasteiger partial charge is 0.327 e. The van der Waals surface area contributed by atoms with Gasteiger partial charge in [-0.05, 0) is 51.8 Å². The van der Waals surface area contributed by atoms with Gasteiger partial charge >= 0.3 is 6.03 Å². The number of ether oxygens (including phenoxy) is 2. The van der Waals surface area contributed by atoms with Gasteiger partial charge in [0.15, 0.2) is 0 Å². The van der Waals surface area contributed by atoms with E-state index in [0.29, 0.717) is 31.8 Å². The van der Waals surface area contributed by atoms with Crippen LogP contribution in [0.4, 0.5) is 4.79 Å². The van der Waals surface area contributed by atoms with Crippen LogP contribution in [0.1, 0.15) is 37.3 Å². The summed E-state index contributed by atoms with van der Waals surface area (Å²) in [5.41, 5.74) is 7.29. The summed E-state index contributed by atoms with van der Waals surface area (Å²) >= 11 is 0. The van der Waals surface area contributed by atoms with E-state index in [1.54, 1.807) is 19.1 Å². The zero-order valence-corrected chi connectivity index (χ0v) is 16.1. The fourth-order valence-electron chi connectivity index (χ4n) is 3.47. The van der Waals surface area contributed by atoms with Crippen LogP contribution in [0, 0.1) is 6.92 Å². The Morgan fingerprint density at radius 1 is 1.15 bits per heavy atom. The molecule has 1 saturated heterocycles. The molecule has 26 heavy (non-hydrogen) atoms. The number of methoxy groups -OCH3 is 2. The minimum atomic E-state index is -0.443. The van der Waals surface area contributed by atoms with E-state index < -0.39 is 6.04 Å². The highest BCUT2D eigenvalue weighted by molar-refractivity contribution is 6.04. The molecule has 2 N–H and O–H groups in total. The van der Waals surface area contributed by atoms with Crippen LogP contribution < -0.4 is 15.2 Å². The summed E-state index contributed by atoms with van der Waals surface area (Å²) < 4.78 is 10.9. The molecule has 0 aliphatic carbocycles. The topological polar surface area (TPSA) is 85.1 Å². The van der Waals surface area contributed by atoms with E-state index in [-0.39, 0.29) is 11.9 Å². The second kappa shape index (κ2) is 8.89. The third-order valence-electron chi connectivity index (χ3n) is 4.85. The van der Waals surface area contributed by atoms with Gasteiger partial charge in [-0.3, -0.25) is 9.69 Å². The number of imide groups is 1. The molecule has 1 heterocycles. The maximum absolute atomic E-state index is 12.7. The lowest BCUT2D eigenvalue weighted by Crippen LogP contribution is -2.35. The van der Waals surface area contributed by atoms with Crippen molar-refractivity contribution in [1.82, 2.24) is 9.80 Å². The molecule has 1 aliphatic rings. The molecule has 1 atom stereocenters. The van der Waals surface area contributed by atoms with Gasteiger partial charge in [-0.25, -0.2) is 4.79 Å². The summed E-state index contributed by atoms with van der Waals surface area (Å²) in [6.45, 7) is 5.00. The first-order chi connectivity index (χ1) is 12.5. The normalized spacial score (nSPS) is 17.2. The van der Waals surface area contributed by atoms with Crippen LogP contribution in [0.2, 0.25) is 0 Å². The van der Waals surface area contributed by atoms with Gasteiger partial charge in [0, 0.05) is 17.7 Å². The molecule has 0 radical (unpaired) electrons. The van der Waals surface area contributed by atoms with Crippen molar-refractivity contribution in [3.05, 3.63) is 23.3 Å². The lowest BCUT2D eigenvalue weighted by atomic mass is 10.1. The molecule has 7 nitrogen and oxygen atoms in total. The number of urea groups is 1. The van der Waals surface area contributed by atoms with Crippen LogP contribution >= 0.6 is 0 Å². The highest BCUT2D eigenvalue weighted by Crippen LogP contribution is 2.34. The van der Waals surface area contributed by atoms with Crippen LogP contribution in [-0.4, -0.2) is 55.1 Å². The number of hydrogen-bond acceptors (Lipinski definition) is 5.